The summed E-state index contributed by atoms with van der Waals surface area (Å²) in [6.07, 6.45) is 7.94. The summed E-state index contributed by atoms with van der Waals surface area (Å²) < 4.78 is 7.53. The molecule has 0 radical (unpaired) electrons. The lowest BCUT2D eigenvalue weighted by Crippen LogP contribution is -2.36. The normalized spacial score (nSPS) is 15.4. The van der Waals surface area contributed by atoms with Gasteiger partial charge in [0.05, 0.1) is 25.1 Å². The van der Waals surface area contributed by atoms with Crippen LogP contribution < -0.4 is 0 Å². The van der Waals surface area contributed by atoms with Gasteiger partial charge in [-0.3, -0.25) is 9.88 Å². The summed E-state index contributed by atoms with van der Waals surface area (Å²) in [7, 11) is 0. The van der Waals surface area contributed by atoms with E-state index in [4.69, 9.17) is 9.72 Å². The maximum atomic E-state index is 5.53. The van der Waals surface area contributed by atoms with Crippen LogP contribution in [-0.4, -0.2) is 51.0 Å². The molecule has 0 amide bonds. The van der Waals surface area contributed by atoms with Gasteiger partial charge in [0.25, 0.3) is 0 Å². The van der Waals surface area contributed by atoms with Crippen molar-refractivity contribution >= 4 is 11.0 Å². The number of hydrogen-bond acceptors (Lipinski definition) is 5. The predicted octanol–water partition coefficient (Wildman–Crippen LogP) is 3.61. The topological polar surface area (TPSA) is 56.1 Å². The summed E-state index contributed by atoms with van der Waals surface area (Å²) in [5.74, 6) is 0. The molecule has 0 aromatic carbocycles. The molecule has 0 aliphatic carbocycles. The molecule has 1 saturated heterocycles. The molecule has 3 aromatic heterocycles. The minimum Gasteiger partial charge on any atom is -0.379 e. The lowest BCUT2D eigenvalue weighted by atomic mass is 9.93. The number of pyridine rings is 2. The fourth-order valence-corrected chi connectivity index (χ4v) is 4.05. The average molecular weight is 380 g/mol. The Balaban J connectivity index is 1.92. The molecule has 1 fully saturated rings. The second-order valence-electron chi connectivity index (χ2n) is 7.50. The highest BCUT2D eigenvalue weighted by molar-refractivity contribution is 5.95. The van der Waals surface area contributed by atoms with Gasteiger partial charge in [-0.25, -0.2) is 9.67 Å². The van der Waals surface area contributed by atoms with E-state index in [1.54, 1.807) is 0 Å². The molecular weight excluding hydrogens is 350 g/mol. The van der Waals surface area contributed by atoms with E-state index in [1.807, 2.05) is 23.3 Å². The maximum Gasteiger partial charge on any atom is 0.158 e. The molecule has 0 atom stereocenters. The molecule has 28 heavy (non-hydrogen) atoms. The highest BCUT2D eigenvalue weighted by Gasteiger charge is 2.21. The number of rotatable bonds is 6. The Morgan fingerprint density at radius 2 is 1.93 bits per heavy atom. The first kappa shape index (κ1) is 19.0. The van der Waals surface area contributed by atoms with Gasteiger partial charge in [-0.15, -0.1) is 0 Å². The number of ether oxygens (including phenoxy) is 1. The molecule has 1 aliphatic heterocycles. The van der Waals surface area contributed by atoms with Crippen LogP contribution in [-0.2, 0) is 24.2 Å². The van der Waals surface area contributed by atoms with E-state index in [9.17, 15) is 0 Å². The molecule has 0 saturated carbocycles. The Morgan fingerprint density at radius 1 is 1.11 bits per heavy atom. The van der Waals surface area contributed by atoms with Crippen molar-refractivity contribution in [1.82, 2.24) is 24.6 Å². The molecule has 3 aromatic rings. The van der Waals surface area contributed by atoms with Crippen molar-refractivity contribution in [3.05, 3.63) is 41.5 Å². The fourth-order valence-electron chi connectivity index (χ4n) is 4.05. The highest BCUT2D eigenvalue weighted by Crippen LogP contribution is 2.34. The third-order valence-electron chi connectivity index (χ3n) is 5.41. The predicted molar refractivity (Wildman–Crippen MR) is 111 cm³/mol. The van der Waals surface area contributed by atoms with E-state index in [-0.39, 0.29) is 0 Å². The van der Waals surface area contributed by atoms with Crippen LogP contribution in [0.15, 0.2) is 24.7 Å². The monoisotopic (exact) mass is 379 g/mol. The molecule has 0 N–H and O–H groups in total. The zero-order valence-electron chi connectivity index (χ0n) is 17.1. The Kier molecular flexibility index (Phi) is 5.69. The van der Waals surface area contributed by atoms with Crippen LogP contribution in [0.25, 0.3) is 22.2 Å². The van der Waals surface area contributed by atoms with Crippen LogP contribution in [0.5, 0.6) is 0 Å². The molecule has 0 bridgehead atoms. The zero-order chi connectivity index (χ0) is 19.5. The molecular formula is C22H29N5O. The summed E-state index contributed by atoms with van der Waals surface area (Å²) in [5, 5.41) is 5.74. The van der Waals surface area contributed by atoms with Gasteiger partial charge < -0.3 is 4.74 Å². The Hall–Kier alpha value is -2.31. The lowest BCUT2D eigenvalue weighted by molar-refractivity contribution is 0.0335. The first-order valence-electron chi connectivity index (χ1n) is 10.3. The molecule has 0 unspecified atom stereocenters. The number of morpholine rings is 1. The lowest BCUT2D eigenvalue weighted by Gasteiger charge is -2.27. The van der Waals surface area contributed by atoms with Gasteiger partial charge in [-0.05, 0) is 37.5 Å². The standard InChI is InChI=1S/C22H29N5O/c1-4-6-18-20(15-26-7-9-28-10-8-26)25-22-19(14-24-27(22)5-2)21(18)17-11-16(3)12-23-13-17/h11-14H,4-10,15H2,1-3H3. The van der Waals surface area contributed by atoms with Gasteiger partial charge in [-0.1, -0.05) is 13.3 Å². The van der Waals surface area contributed by atoms with Crippen molar-refractivity contribution in [1.29, 1.82) is 0 Å². The van der Waals surface area contributed by atoms with Crippen molar-refractivity contribution in [2.75, 3.05) is 26.3 Å². The van der Waals surface area contributed by atoms with Gasteiger partial charge in [0.2, 0.25) is 0 Å². The minimum absolute atomic E-state index is 0.799. The van der Waals surface area contributed by atoms with Gasteiger partial charge in [0.15, 0.2) is 5.65 Å². The minimum atomic E-state index is 0.799. The van der Waals surface area contributed by atoms with Crippen LogP contribution in [0.2, 0.25) is 0 Å². The third kappa shape index (κ3) is 3.66. The van der Waals surface area contributed by atoms with Crippen LogP contribution in [0.4, 0.5) is 0 Å². The highest BCUT2D eigenvalue weighted by atomic mass is 16.5. The summed E-state index contributed by atoms with van der Waals surface area (Å²) in [4.78, 5) is 12.0. The number of nitrogens with zero attached hydrogens (tertiary/aromatic N) is 5. The van der Waals surface area contributed by atoms with E-state index >= 15 is 0 Å². The molecule has 6 nitrogen and oxygen atoms in total. The van der Waals surface area contributed by atoms with Crippen molar-refractivity contribution in [2.45, 2.75) is 46.7 Å². The first-order chi connectivity index (χ1) is 13.7. The largest absolute Gasteiger partial charge is 0.379 e. The van der Waals surface area contributed by atoms with Crippen LogP contribution >= 0.6 is 0 Å². The summed E-state index contributed by atoms with van der Waals surface area (Å²) >= 11 is 0. The van der Waals surface area contributed by atoms with Crippen molar-refractivity contribution in [3.63, 3.8) is 0 Å². The van der Waals surface area contributed by atoms with Gasteiger partial charge >= 0.3 is 0 Å². The summed E-state index contributed by atoms with van der Waals surface area (Å²) in [5.41, 5.74) is 7.07. The number of fused-ring (bicyclic) bond motifs is 1. The van der Waals surface area contributed by atoms with E-state index in [2.05, 4.69) is 41.8 Å². The summed E-state index contributed by atoms with van der Waals surface area (Å²) in [6, 6.07) is 2.22. The molecule has 1 aliphatic rings. The van der Waals surface area contributed by atoms with E-state index < -0.39 is 0 Å². The van der Waals surface area contributed by atoms with Crippen molar-refractivity contribution < 1.29 is 4.74 Å². The van der Waals surface area contributed by atoms with Crippen molar-refractivity contribution in [2.24, 2.45) is 0 Å². The molecule has 4 rings (SSSR count). The maximum absolute atomic E-state index is 5.53. The van der Waals surface area contributed by atoms with Crippen LogP contribution in [0.3, 0.4) is 0 Å². The Labute approximate surface area is 166 Å². The molecule has 6 heteroatoms. The van der Waals surface area contributed by atoms with E-state index in [0.717, 1.165) is 68.8 Å². The quantitative estimate of drug-likeness (QED) is 0.655. The van der Waals surface area contributed by atoms with Gasteiger partial charge in [-0.2, -0.15) is 5.10 Å². The zero-order valence-corrected chi connectivity index (χ0v) is 17.1. The smallest absolute Gasteiger partial charge is 0.158 e. The number of aromatic nitrogens is 4. The fraction of sp³-hybridized carbons (Fsp3) is 0.500. The second kappa shape index (κ2) is 8.37. The van der Waals surface area contributed by atoms with Gasteiger partial charge in [0, 0.05) is 55.1 Å². The summed E-state index contributed by atoms with van der Waals surface area (Å²) in [6.45, 7) is 11.6. The average Bonchev–Trinajstić information content (AvgIpc) is 3.11. The Bertz CT molecular complexity index is 959. The van der Waals surface area contributed by atoms with Crippen LogP contribution in [0, 0.1) is 6.92 Å². The third-order valence-corrected chi connectivity index (χ3v) is 5.41. The van der Waals surface area contributed by atoms with E-state index in [1.165, 1.54) is 22.4 Å². The van der Waals surface area contributed by atoms with Crippen LogP contribution in [0.1, 0.15) is 37.1 Å². The second-order valence-corrected chi connectivity index (χ2v) is 7.50. The molecule has 4 heterocycles. The molecule has 148 valence electrons. The Morgan fingerprint density at radius 3 is 2.64 bits per heavy atom. The van der Waals surface area contributed by atoms with E-state index in [0.29, 0.717) is 0 Å². The van der Waals surface area contributed by atoms with Crippen molar-refractivity contribution in [3.8, 4) is 11.1 Å². The number of aryl methyl sites for hydroxylation is 2. The SMILES string of the molecule is CCCc1c(CN2CCOCC2)nc2c(cnn2CC)c1-c1cncc(C)c1. The first-order valence-corrected chi connectivity index (χ1v) is 10.3. The number of hydrogen-bond donors (Lipinski definition) is 0. The van der Waals surface area contributed by atoms with Gasteiger partial charge in [0.1, 0.15) is 0 Å². The molecule has 0 spiro atoms.